The van der Waals surface area contributed by atoms with Gasteiger partial charge in [0.05, 0.1) is 0 Å². The summed E-state index contributed by atoms with van der Waals surface area (Å²) in [4.78, 5) is 2.50. The third-order valence-corrected chi connectivity index (χ3v) is 3.17. The minimum absolute atomic E-state index is 0.367. The molecular weight excluding hydrogens is 196 g/mol. The molecule has 0 aromatic rings. The minimum atomic E-state index is 0.367. The van der Waals surface area contributed by atoms with Crippen LogP contribution in [0.3, 0.4) is 0 Å². The predicted octanol–water partition coefficient (Wildman–Crippen LogP) is 3.13. The van der Waals surface area contributed by atoms with Crippen molar-refractivity contribution in [2.24, 2.45) is 5.41 Å². The predicted molar refractivity (Wildman–Crippen MR) is 73.9 cm³/mol. The van der Waals surface area contributed by atoms with Crippen LogP contribution in [0.25, 0.3) is 0 Å². The fraction of sp³-hybridized carbons (Fsp3) is 1.00. The molecule has 1 atom stereocenters. The Morgan fingerprint density at radius 2 is 1.81 bits per heavy atom. The molecule has 2 heteroatoms. The maximum absolute atomic E-state index is 3.52. The molecule has 0 aromatic heterocycles. The van der Waals surface area contributed by atoms with Crippen LogP contribution in [0.15, 0.2) is 0 Å². The Hall–Kier alpha value is -0.0800. The first-order valence-electron chi connectivity index (χ1n) is 6.84. The van der Waals surface area contributed by atoms with E-state index in [1.165, 1.54) is 25.8 Å². The average molecular weight is 228 g/mol. The van der Waals surface area contributed by atoms with Gasteiger partial charge in [-0.15, -0.1) is 0 Å². The van der Waals surface area contributed by atoms with Crippen LogP contribution in [0.1, 0.15) is 53.9 Å². The number of rotatable bonds is 9. The van der Waals surface area contributed by atoms with E-state index < -0.39 is 0 Å². The summed E-state index contributed by atoms with van der Waals surface area (Å²) in [5.74, 6) is 0. The first-order chi connectivity index (χ1) is 7.43. The van der Waals surface area contributed by atoms with Crippen molar-refractivity contribution in [2.45, 2.75) is 59.9 Å². The Morgan fingerprint density at radius 3 is 2.31 bits per heavy atom. The van der Waals surface area contributed by atoms with Gasteiger partial charge in [-0.3, -0.25) is 0 Å². The van der Waals surface area contributed by atoms with Crippen LogP contribution < -0.4 is 5.32 Å². The van der Waals surface area contributed by atoms with Crippen molar-refractivity contribution in [3.8, 4) is 0 Å². The van der Waals surface area contributed by atoms with Gasteiger partial charge in [-0.25, -0.2) is 0 Å². The summed E-state index contributed by atoms with van der Waals surface area (Å²) >= 11 is 0. The summed E-state index contributed by atoms with van der Waals surface area (Å²) < 4.78 is 0. The highest BCUT2D eigenvalue weighted by Crippen LogP contribution is 2.17. The van der Waals surface area contributed by atoms with E-state index in [0.717, 1.165) is 13.1 Å². The summed E-state index contributed by atoms with van der Waals surface area (Å²) in [6, 6.07) is 0.704. The molecule has 0 aliphatic carbocycles. The van der Waals surface area contributed by atoms with E-state index in [4.69, 9.17) is 0 Å². The Labute approximate surface area is 103 Å². The first kappa shape index (κ1) is 15.9. The second kappa shape index (κ2) is 8.08. The molecule has 0 rings (SSSR count). The molecule has 0 saturated heterocycles. The van der Waals surface area contributed by atoms with Gasteiger partial charge in [0, 0.05) is 19.1 Å². The molecule has 0 aromatic carbocycles. The first-order valence-corrected chi connectivity index (χ1v) is 6.84. The molecular formula is C14H32N2. The van der Waals surface area contributed by atoms with E-state index in [9.17, 15) is 0 Å². The van der Waals surface area contributed by atoms with E-state index in [-0.39, 0.29) is 0 Å². The topological polar surface area (TPSA) is 15.3 Å². The minimum Gasteiger partial charge on any atom is -0.316 e. The Kier molecular flexibility index (Phi) is 8.04. The lowest BCUT2D eigenvalue weighted by atomic mass is 9.92. The number of nitrogens with zero attached hydrogens (tertiary/aromatic N) is 1. The van der Waals surface area contributed by atoms with E-state index >= 15 is 0 Å². The SMILES string of the molecule is CCCNCC(C)(C)CN(C)C(C)CCC. The monoisotopic (exact) mass is 228 g/mol. The molecule has 0 radical (unpaired) electrons. The molecule has 0 aliphatic heterocycles. The number of nitrogens with one attached hydrogen (secondary N) is 1. The Morgan fingerprint density at radius 1 is 1.19 bits per heavy atom. The normalized spacial score (nSPS) is 14.4. The lowest BCUT2D eigenvalue weighted by Crippen LogP contribution is -2.42. The molecule has 0 spiro atoms. The van der Waals surface area contributed by atoms with Crippen molar-refractivity contribution in [1.82, 2.24) is 10.2 Å². The molecule has 2 nitrogen and oxygen atoms in total. The second-order valence-corrected chi connectivity index (χ2v) is 5.89. The maximum atomic E-state index is 3.52. The molecule has 0 fully saturated rings. The summed E-state index contributed by atoms with van der Waals surface area (Å²) in [6.07, 6.45) is 3.80. The second-order valence-electron chi connectivity index (χ2n) is 5.89. The molecule has 98 valence electrons. The summed E-state index contributed by atoms with van der Waals surface area (Å²) in [7, 11) is 2.25. The molecule has 16 heavy (non-hydrogen) atoms. The highest BCUT2D eigenvalue weighted by atomic mass is 15.1. The van der Waals surface area contributed by atoms with Crippen molar-refractivity contribution < 1.29 is 0 Å². The third-order valence-electron chi connectivity index (χ3n) is 3.17. The van der Waals surface area contributed by atoms with E-state index in [0.29, 0.717) is 11.5 Å². The fourth-order valence-corrected chi connectivity index (χ4v) is 2.13. The van der Waals surface area contributed by atoms with Gasteiger partial charge >= 0.3 is 0 Å². The van der Waals surface area contributed by atoms with Crippen LogP contribution in [0, 0.1) is 5.41 Å². The smallest absolute Gasteiger partial charge is 0.00640 e. The third kappa shape index (κ3) is 7.24. The fourth-order valence-electron chi connectivity index (χ4n) is 2.13. The molecule has 0 heterocycles. The van der Waals surface area contributed by atoms with Gasteiger partial charge in [0.1, 0.15) is 0 Å². The molecule has 0 bridgehead atoms. The van der Waals surface area contributed by atoms with Gasteiger partial charge in [0.15, 0.2) is 0 Å². The Bertz CT molecular complexity index is 166. The van der Waals surface area contributed by atoms with Crippen LogP contribution in [0.4, 0.5) is 0 Å². The van der Waals surface area contributed by atoms with Crippen LogP contribution in [0.2, 0.25) is 0 Å². The van der Waals surface area contributed by atoms with Crippen molar-refractivity contribution in [2.75, 3.05) is 26.7 Å². The molecule has 1 N–H and O–H groups in total. The quantitative estimate of drug-likeness (QED) is 0.610. The van der Waals surface area contributed by atoms with Crippen molar-refractivity contribution >= 4 is 0 Å². The number of hydrogen-bond acceptors (Lipinski definition) is 2. The van der Waals surface area contributed by atoms with E-state index in [2.05, 4.69) is 51.9 Å². The van der Waals surface area contributed by atoms with Crippen molar-refractivity contribution in [3.05, 3.63) is 0 Å². The lowest BCUT2D eigenvalue weighted by molar-refractivity contribution is 0.159. The molecule has 0 amide bonds. The van der Waals surface area contributed by atoms with E-state index in [1.807, 2.05) is 0 Å². The van der Waals surface area contributed by atoms with Gasteiger partial charge in [0.2, 0.25) is 0 Å². The highest BCUT2D eigenvalue weighted by molar-refractivity contribution is 4.77. The largest absolute Gasteiger partial charge is 0.316 e. The van der Waals surface area contributed by atoms with Crippen LogP contribution in [0.5, 0.6) is 0 Å². The molecule has 0 saturated carbocycles. The van der Waals surface area contributed by atoms with Crippen LogP contribution in [-0.4, -0.2) is 37.6 Å². The maximum Gasteiger partial charge on any atom is 0.00640 e. The van der Waals surface area contributed by atoms with Gasteiger partial charge in [-0.1, -0.05) is 34.1 Å². The average Bonchev–Trinajstić information content (AvgIpc) is 2.17. The Balaban J connectivity index is 3.93. The van der Waals surface area contributed by atoms with Crippen LogP contribution in [-0.2, 0) is 0 Å². The van der Waals surface area contributed by atoms with E-state index in [1.54, 1.807) is 0 Å². The van der Waals surface area contributed by atoms with Crippen molar-refractivity contribution in [3.63, 3.8) is 0 Å². The van der Waals surface area contributed by atoms with Crippen molar-refractivity contribution in [1.29, 1.82) is 0 Å². The number of hydrogen-bond donors (Lipinski definition) is 1. The van der Waals surface area contributed by atoms with Gasteiger partial charge in [-0.2, -0.15) is 0 Å². The molecule has 0 aliphatic rings. The summed E-state index contributed by atoms with van der Waals surface area (Å²) in [6.45, 7) is 14.9. The van der Waals surface area contributed by atoms with Gasteiger partial charge < -0.3 is 10.2 Å². The van der Waals surface area contributed by atoms with Gasteiger partial charge in [-0.05, 0) is 38.8 Å². The zero-order chi connectivity index (χ0) is 12.6. The summed E-state index contributed by atoms with van der Waals surface area (Å²) in [5.41, 5.74) is 0.367. The zero-order valence-corrected chi connectivity index (χ0v) is 12.3. The van der Waals surface area contributed by atoms with Crippen LogP contribution >= 0.6 is 0 Å². The lowest BCUT2D eigenvalue weighted by Gasteiger charge is -2.34. The summed E-state index contributed by atoms with van der Waals surface area (Å²) in [5, 5.41) is 3.52. The standard InChI is InChI=1S/C14H32N2/c1-7-9-13(3)16(6)12-14(4,5)11-15-10-8-2/h13,15H,7-12H2,1-6H3. The highest BCUT2D eigenvalue weighted by Gasteiger charge is 2.21. The molecule has 1 unspecified atom stereocenters. The zero-order valence-electron chi connectivity index (χ0n) is 12.3. The van der Waals surface area contributed by atoms with Gasteiger partial charge in [0.25, 0.3) is 0 Å².